The molecule has 0 aliphatic carbocycles. The highest BCUT2D eigenvalue weighted by Crippen LogP contribution is 2.42. The van der Waals surface area contributed by atoms with E-state index in [0.717, 1.165) is 0 Å². The first-order chi connectivity index (χ1) is 21.7. The van der Waals surface area contributed by atoms with Gasteiger partial charge in [-0.3, -0.25) is 0 Å². The number of benzene rings is 3. The Morgan fingerprint density at radius 1 is 0.409 bits per heavy atom. The molecular weight excluding hydrogens is 569 g/mol. The summed E-state index contributed by atoms with van der Waals surface area (Å²) in [6.45, 7) is 4.59. The second-order valence-corrected chi connectivity index (χ2v) is 15.1. The number of hydrogen-bond acceptors (Lipinski definition) is 2. The Bertz CT molecular complexity index is 1430. The molecule has 0 N–H and O–H groups in total. The van der Waals surface area contributed by atoms with Gasteiger partial charge >= 0.3 is 0 Å². The van der Waals surface area contributed by atoms with E-state index in [1.807, 2.05) is 22.7 Å². The SMILES string of the molecule is CCCCCCCCCCc1cccc(-c2cc3c(ccc4sc(-c5cccc(CCCCCCCCCC)c5)cc43)s2)c1. The van der Waals surface area contributed by atoms with Gasteiger partial charge < -0.3 is 0 Å². The molecule has 2 heteroatoms. The lowest BCUT2D eigenvalue weighted by Crippen LogP contribution is -1.87. The fourth-order valence-corrected chi connectivity index (χ4v) is 8.75. The number of fused-ring (bicyclic) bond motifs is 3. The first kappa shape index (κ1) is 33.0. The van der Waals surface area contributed by atoms with Crippen LogP contribution < -0.4 is 0 Å². The molecule has 0 radical (unpaired) electrons. The van der Waals surface area contributed by atoms with E-state index in [0.29, 0.717) is 0 Å². The molecule has 0 fully saturated rings. The lowest BCUT2D eigenvalue weighted by atomic mass is 10.0. The number of hydrogen-bond donors (Lipinski definition) is 0. The number of rotatable bonds is 20. The van der Waals surface area contributed by atoms with E-state index < -0.39 is 0 Å². The van der Waals surface area contributed by atoms with Crippen molar-refractivity contribution >= 4 is 42.8 Å². The van der Waals surface area contributed by atoms with Crippen LogP contribution in [-0.2, 0) is 12.8 Å². The van der Waals surface area contributed by atoms with Crippen LogP contribution in [0, 0.1) is 0 Å². The molecule has 0 aliphatic rings. The van der Waals surface area contributed by atoms with Crippen LogP contribution in [0.25, 0.3) is 41.1 Å². The van der Waals surface area contributed by atoms with Gasteiger partial charge in [-0.05, 0) is 72.2 Å². The highest BCUT2D eigenvalue weighted by atomic mass is 32.1. The molecule has 0 spiro atoms. The van der Waals surface area contributed by atoms with Gasteiger partial charge in [0.1, 0.15) is 0 Å². The van der Waals surface area contributed by atoms with Crippen LogP contribution in [0.1, 0.15) is 128 Å². The third kappa shape index (κ3) is 9.54. The van der Waals surface area contributed by atoms with Gasteiger partial charge in [-0.25, -0.2) is 0 Å². The van der Waals surface area contributed by atoms with Crippen molar-refractivity contribution in [1.82, 2.24) is 0 Å². The summed E-state index contributed by atoms with van der Waals surface area (Å²) in [6.07, 6.45) is 24.5. The molecule has 3 aromatic carbocycles. The van der Waals surface area contributed by atoms with Crippen molar-refractivity contribution in [1.29, 1.82) is 0 Å². The van der Waals surface area contributed by atoms with E-state index in [4.69, 9.17) is 0 Å². The Hall–Kier alpha value is -2.42. The molecule has 234 valence electrons. The van der Waals surface area contributed by atoms with Gasteiger partial charge in [0.05, 0.1) is 0 Å². The predicted molar refractivity (Wildman–Crippen MR) is 201 cm³/mol. The molecule has 44 heavy (non-hydrogen) atoms. The molecule has 2 aromatic heterocycles. The fourth-order valence-electron chi connectivity index (χ4n) is 6.60. The maximum Gasteiger partial charge on any atom is 0.0356 e. The third-order valence-electron chi connectivity index (χ3n) is 9.26. The molecule has 5 aromatic rings. The lowest BCUT2D eigenvalue weighted by Gasteiger charge is -2.05. The van der Waals surface area contributed by atoms with E-state index in [-0.39, 0.29) is 0 Å². The van der Waals surface area contributed by atoms with E-state index in [1.165, 1.54) is 168 Å². The van der Waals surface area contributed by atoms with Crippen molar-refractivity contribution in [3.8, 4) is 20.9 Å². The maximum absolute atomic E-state index is 2.45. The zero-order chi connectivity index (χ0) is 30.4. The summed E-state index contributed by atoms with van der Waals surface area (Å²) < 4.78 is 2.79. The summed E-state index contributed by atoms with van der Waals surface area (Å²) in [5, 5.41) is 2.82. The van der Waals surface area contributed by atoms with Crippen LogP contribution >= 0.6 is 22.7 Å². The maximum atomic E-state index is 2.45. The molecule has 0 amide bonds. The number of unbranched alkanes of at least 4 members (excludes halogenated alkanes) is 14. The summed E-state index contributed by atoms with van der Waals surface area (Å²) in [7, 11) is 0. The van der Waals surface area contributed by atoms with E-state index in [2.05, 4.69) is 86.6 Å². The highest BCUT2D eigenvalue weighted by molar-refractivity contribution is 7.24. The monoisotopic (exact) mass is 622 g/mol. The molecule has 2 heterocycles. The minimum Gasteiger partial charge on any atom is -0.135 e. The highest BCUT2D eigenvalue weighted by Gasteiger charge is 2.12. The first-order valence-electron chi connectivity index (χ1n) is 17.9. The Kier molecular flexibility index (Phi) is 13.4. The summed E-state index contributed by atoms with van der Waals surface area (Å²) in [5.41, 5.74) is 5.72. The molecule has 0 atom stereocenters. The van der Waals surface area contributed by atoms with Crippen molar-refractivity contribution in [3.05, 3.63) is 83.9 Å². The zero-order valence-corrected chi connectivity index (χ0v) is 29.1. The average molecular weight is 623 g/mol. The van der Waals surface area contributed by atoms with Crippen molar-refractivity contribution in [2.45, 2.75) is 129 Å². The predicted octanol–water partition coefficient (Wildman–Crippen LogP) is 14.8. The van der Waals surface area contributed by atoms with Crippen LogP contribution in [0.5, 0.6) is 0 Å². The van der Waals surface area contributed by atoms with Crippen LogP contribution in [0.2, 0.25) is 0 Å². The van der Waals surface area contributed by atoms with Crippen LogP contribution in [0.4, 0.5) is 0 Å². The lowest BCUT2D eigenvalue weighted by molar-refractivity contribution is 0.575. The summed E-state index contributed by atoms with van der Waals surface area (Å²) in [6, 6.07) is 28.3. The second-order valence-electron chi connectivity index (χ2n) is 13.0. The Labute approximate surface area is 275 Å². The van der Waals surface area contributed by atoms with Gasteiger partial charge in [0.2, 0.25) is 0 Å². The minimum atomic E-state index is 1.20. The smallest absolute Gasteiger partial charge is 0.0356 e. The standard InChI is InChI=1S/C42H54S2/c1-3-5-7-9-11-13-15-17-21-33-23-19-25-35(29-33)41-31-37-38-32-42(44-40(38)28-27-39(37)43-41)36-26-20-24-34(30-36)22-18-16-14-12-10-8-6-4-2/h19-20,23-32H,3-18,21-22H2,1-2H3. The fraction of sp³-hybridized carbons (Fsp3) is 0.476. The van der Waals surface area contributed by atoms with Gasteiger partial charge in [-0.1, -0.05) is 152 Å². The number of aryl methyl sites for hydroxylation is 2. The summed E-state index contributed by atoms with van der Waals surface area (Å²) >= 11 is 3.89. The topological polar surface area (TPSA) is 0 Å². The van der Waals surface area contributed by atoms with Crippen LogP contribution in [0.15, 0.2) is 72.8 Å². The van der Waals surface area contributed by atoms with E-state index in [9.17, 15) is 0 Å². The number of thiophene rings is 2. The van der Waals surface area contributed by atoms with Crippen molar-refractivity contribution in [3.63, 3.8) is 0 Å². The molecule has 0 aliphatic heterocycles. The molecule has 0 saturated heterocycles. The van der Waals surface area contributed by atoms with Crippen molar-refractivity contribution in [2.75, 3.05) is 0 Å². The quantitative estimate of drug-likeness (QED) is 0.0758. The molecule has 0 nitrogen and oxygen atoms in total. The zero-order valence-electron chi connectivity index (χ0n) is 27.5. The van der Waals surface area contributed by atoms with E-state index >= 15 is 0 Å². The Morgan fingerprint density at radius 2 is 0.795 bits per heavy atom. The summed E-state index contributed by atoms with van der Waals surface area (Å²) in [4.78, 5) is 2.79. The Morgan fingerprint density at radius 3 is 1.20 bits per heavy atom. The normalized spacial score (nSPS) is 11.7. The van der Waals surface area contributed by atoms with Crippen LogP contribution in [0.3, 0.4) is 0 Å². The van der Waals surface area contributed by atoms with Gasteiger partial charge in [-0.15, -0.1) is 22.7 Å². The second kappa shape index (κ2) is 17.9. The van der Waals surface area contributed by atoms with Crippen LogP contribution in [-0.4, -0.2) is 0 Å². The molecule has 5 rings (SSSR count). The van der Waals surface area contributed by atoms with Gasteiger partial charge in [-0.2, -0.15) is 0 Å². The third-order valence-corrected chi connectivity index (χ3v) is 11.6. The largest absolute Gasteiger partial charge is 0.135 e. The van der Waals surface area contributed by atoms with Gasteiger partial charge in [0.25, 0.3) is 0 Å². The van der Waals surface area contributed by atoms with E-state index in [1.54, 1.807) is 0 Å². The van der Waals surface area contributed by atoms with Crippen molar-refractivity contribution in [2.24, 2.45) is 0 Å². The molecule has 0 saturated carbocycles. The average Bonchev–Trinajstić information content (AvgIpc) is 3.69. The molecule has 0 bridgehead atoms. The summed E-state index contributed by atoms with van der Waals surface area (Å²) in [5.74, 6) is 0. The van der Waals surface area contributed by atoms with Crippen molar-refractivity contribution < 1.29 is 0 Å². The van der Waals surface area contributed by atoms with Gasteiger partial charge in [0, 0.05) is 29.9 Å². The molecule has 0 unspecified atom stereocenters. The minimum absolute atomic E-state index is 1.20. The Balaban J connectivity index is 1.20. The first-order valence-corrected chi connectivity index (χ1v) is 19.5. The molecular formula is C42H54S2. The van der Waals surface area contributed by atoms with Gasteiger partial charge in [0.15, 0.2) is 0 Å².